The first-order chi connectivity index (χ1) is 7.63. The van der Waals surface area contributed by atoms with Crippen molar-refractivity contribution in [3.05, 3.63) is 23.0 Å². The van der Waals surface area contributed by atoms with E-state index in [2.05, 4.69) is 4.98 Å². The second kappa shape index (κ2) is 4.09. The van der Waals surface area contributed by atoms with Gasteiger partial charge in [0, 0.05) is 29.9 Å². The molecule has 1 aromatic rings. The fourth-order valence-corrected chi connectivity index (χ4v) is 2.12. The molecule has 0 saturated heterocycles. The molecule has 16 heavy (non-hydrogen) atoms. The highest BCUT2D eigenvalue weighted by Crippen LogP contribution is 2.33. The third kappa shape index (κ3) is 1.74. The Balaban J connectivity index is 2.29. The van der Waals surface area contributed by atoms with Crippen LogP contribution in [0.3, 0.4) is 0 Å². The van der Waals surface area contributed by atoms with E-state index in [0.29, 0.717) is 30.3 Å². The van der Waals surface area contributed by atoms with E-state index in [9.17, 15) is 14.7 Å². The summed E-state index contributed by atoms with van der Waals surface area (Å²) in [7, 11) is 0. The van der Waals surface area contributed by atoms with Gasteiger partial charge < -0.3 is 14.8 Å². The van der Waals surface area contributed by atoms with E-state index in [4.69, 9.17) is 4.74 Å². The van der Waals surface area contributed by atoms with Gasteiger partial charge in [0.2, 0.25) is 0 Å². The largest absolute Gasteiger partial charge is 0.459 e. The number of aromatic amines is 1. The second-order valence-electron chi connectivity index (χ2n) is 3.89. The molecule has 86 valence electrons. The van der Waals surface area contributed by atoms with Crippen molar-refractivity contribution >= 4 is 12.3 Å². The maximum Gasteiger partial charge on any atom is 0.303 e. The van der Waals surface area contributed by atoms with Crippen molar-refractivity contribution in [1.29, 1.82) is 0 Å². The number of hydrogen-bond acceptors (Lipinski definition) is 4. The number of rotatable bonds is 2. The molecule has 1 heterocycles. The van der Waals surface area contributed by atoms with Gasteiger partial charge in [0.05, 0.1) is 0 Å². The zero-order valence-electron chi connectivity index (χ0n) is 8.90. The minimum Gasteiger partial charge on any atom is -0.459 e. The number of aromatic nitrogens is 1. The molecule has 0 aliphatic heterocycles. The molecule has 2 unspecified atom stereocenters. The van der Waals surface area contributed by atoms with Gasteiger partial charge in [0.25, 0.3) is 0 Å². The Kier molecular flexibility index (Phi) is 2.78. The van der Waals surface area contributed by atoms with E-state index in [0.717, 1.165) is 5.69 Å². The van der Waals surface area contributed by atoms with Crippen molar-refractivity contribution in [2.45, 2.75) is 32.0 Å². The number of nitrogens with one attached hydrogen (secondary N) is 1. The number of aliphatic hydroxyl groups excluding tert-OH is 1. The number of fused-ring (bicyclic) bond motifs is 1. The predicted molar refractivity (Wildman–Crippen MR) is 55.0 cm³/mol. The zero-order valence-corrected chi connectivity index (χ0v) is 8.90. The molecular formula is C11H13NO4. The van der Waals surface area contributed by atoms with Gasteiger partial charge in [0.15, 0.2) is 6.29 Å². The van der Waals surface area contributed by atoms with Crippen LogP contribution < -0.4 is 0 Å². The molecule has 0 fully saturated rings. The second-order valence-corrected chi connectivity index (χ2v) is 3.89. The Morgan fingerprint density at radius 1 is 1.69 bits per heavy atom. The number of aliphatic hydroxyl groups is 1. The van der Waals surface area contributed by atoms with Crippen LogP contribution in [0.4, 0.5) is 0 Å². The van der Waals surface area contributed by atoms with Crippen molar-refractivity contribution in [3.8, 4) is 0 Å². The summed E-state index contributed by atoms with van der Waals surface area (Å²) in [6.07, 6.45) is 2.01. The van der Waals surface area contributed by atoms with Crippen molar-refractivity contribution in [3.63, 3.8) is 0 Å². The molecule has 1 aliphatic rings. The molecule has 0 radical (unpaired) electrons. The Labute approximate surface area is 92.4 Å². The van der Waals surface area contributed by atoms with Gasteiger partial charge in [-0.15, -0.1) is 0 Å². The van der Waals surface area contributed by atoms with E-state index < -0.39 is 18.2 Å². The average Bonchev–Trinajstić information content (AvgIpc) is 2.65. The monoisotopic (exact) mass is 223 g/mol. The number of carbonyl (C=O) groups excluding carboxylic acids is 2. The topological polar surface area (TPSA) is 79.4 Å². The SMILES string of the molecule is CC(=O)OC1CCc2[nH]cc(C=O)c2C1O. The van der Waals surface area contributed by atoms with Gasteiger partial charge in [-0.1, -0.05) is 0 Å². The Morgan fingerprint density at radius 2 is 2.44 bits per heavy atom. The van der Waals surface area contributed by atoms with E-state index in [1.165, 1.54) is 6.92 Å². The standard InChI is InChI=1S/C11H13NO4/c1-6(14)16-9-3-2-8-10(11(9)15)7(5-13)4-12-8/h4-5,9,11-12,15H,2-3H2,1H3. The maximum atomic E-state index is 10.9. The molecule has 2 atom stereocenters. The lowest BCUT2D eigenvalue weighted by Crippen LogP contribution is -2.29. The van der Waals surface area contributed by atoms with Crippen LogP contribution in [0.2, 0.25) is 0 Å². The number of ether oxygens (including phenoxy) is 1. The summed E-state index contributed by atoms with van der Waals surface area (Å²) >= 11 is 0. The van der Waals surface area contributed by atoms with Crippen LogP contribution in [0.25, 0.3) is 0 Å². The molecule has 5 heteroatoms. The van der Waals surface area contributed by atoms with Gasteiger partial charge >= 0.3 is 5.97 Å². The molecule has 2 rings (SSSR count). The number of H-pyrrole nitrogens is 1. The summed E-state index contributed by atoms with van der Waals surface area (Å²) < 4.78 is 5.01. The minimum absolute atomic E-state index is 0.421. The smallest absolute Gasteiger partial charge is 0.303 e. The Hall–Kier alpha value is -1.62. The van der Waals surface area contributed by atoms with Crippen LogP contribution in [0.1, 0.15) is 41.1 Å². The first-order valence-corrected chi connectivity index (χ1v) is 5.14. The van der Waals surface area contributed by atoms with E-state index >= 15 is 0 Å². The highest BCUT2D eigenvalue weighted by atomic mass is 16.6. The number of aldehydes is 1. The molecule has 0 aromatic carbocycles. The molecule has 0 bridgehead atoms. The van der Waals surface area contributed by atoms with E-state index in [1.807, 2.05) is 0 Å². The fourth-order valence-electron chi connectivity index (χ4n) is 2.12. The summed E-state index contributed by atoms with van der Waals surface area (Å²) in [6.45, 7) is 1.31. The molecule has 0 saturated carbocycles. The van der Waals surface area contributed by atoms with Crippen molar-refractivity contribution < 1.29 is 19.4 Å². The Morgan fingerprint density at radius 3 is 3.06 bits per heavy atom. The van der Waals surface area contributed by atoms with Crippen molar-refractivity contribution in [2.75, 3.05) is 0 Å². The maximum absolute atomic E-state index is 10.9. The average molecular weight is 223 g/mol. The Bertz CT molecular complexity index is 424. The lowest BCUT2D eigenvalue weighted by Gasteiger charge is -2.27. The van der Waals surface area contributed by atoms with Gasteiger partial charge in [-0.05, 0) is 12.8 Å². The highest BCUT2D eigenvalue weighted by molar-refractivity contribution is 5.78. The molecule has 0 spiro atoms. The van der Waals surface area contributed by atoms with Gasteiger partial charge in [0.1, 0.15) is 12.2 Å². The number of aryl methyl sites for hydroxylation is 1. The van der Waals surface area contributed by atoms with E-state index in [-0.39, 0.29) is 0 Å². The third-order valence-corrected chi connectivity index (χ3v) is 2.81. The van der Waals surface area contributed by atoms with Gasteiger partial charge in [-0.2, -0.15) is 0 Å². The highest BCUT2D eigenvalue weighted by Gasteiger charge is 2.33. The summed E-state index contributed by atoms with van der Waals surface area (Å²) in [4.78, 5) is 24.6. The van der Waals surface area contributed by atoms with Crippen molar-refractivity contribution in [2.24, 2.45) is 0 Å². The molecule has 2 N–H and O–H groups in total. The number of hydrogen-bond donors (Lipinski definition) is 2. The lowest BCUT2D eigenvalue weighted by atomic mass is 9.90. The molecular weight excluding hydrogens is 210 g/mol. The van der Waals surface area contributed by atoms with Crippen LogP contribution in [0, 0.1) is 0 Å². The van der Waals surface area contributed by atoms with Crippen LogP contribution in [0.15, 0.2) is 6.20 Å². The van der Waals surface area contributed by atoms with Gasteiger partial charge in [-0.25, -0.2) is 0 Å². The number of esters is 1. The summed E-state index contributed by atoms with van der Waals surface area (Å²) in [5.74, 6) is -0.421. The minimum atomic E-state index is -0.918. The van der Waals surface area contributed by atoms with Crippen molar-refractivity contribution in [1.82, 2.24) is 4.98 Å². The third-order valence-electron chi connectivity index (χ3n) is 2.81. The van der Waals surface area contributed by atoms with Crippen LogP contribution >= 0.6 is 0 Å². The quantitative estimate of drug-likeness (QED) is 0.572. The molecule has 0 amide bonds. The summed E-state index contributed by atoms with van der Waals surface area (Å²) in [5.41, 5.74) is 1.84. The molecule has 1 aromatic heterocycles. The first kappa shape index (κ1) is 10.9. The molecule has 1 aliphatic carbocycles. The number of carbonyl (C=O) groups is 2. The predicted octanol–water partition coefficient (Wildman–Crippen LogP) is 0.738. The van der Waals surface area contributed by atoms with Gasteiger partial charge in [-0.3, -0.25) is 9.59 Å². The summed E-state index contributed by atoms with van der Waals surface area (Å²) in [6, 6.07) is 0. The van der Waals surface area contributed by atoms with Crippen LogP contribution in [-0.4, -0.2) is 28.4 Å². The summed E-state index contributed by atoms with van der Waals surface area (Å²) in [5, 5.41) is 10.0. The first-order valence-electron chi connectivity index (χ1n) is 5.14. The lowest BCUT2D eigenvalue weighted by molar-refractivity contribution is -0.153. The van der Waals surface area contributed by atoms with E-state index in [1.54, 1.807) is 6.20 Å². The normalized spacial score (nSPS) is 23.6. The van der Waals surface area contributed by atoms with Crippen LogP contribution in [0.5, 0.6) is 0 Å². The van der Waals surface area contributed by atoms with Crippen LogP contribution in [-0.2, 0) is 16.0 Å². The fraction of sp³-hybridized carbons (Fsp3) is 0.455. The zero-order chi connectivity index (χ0) is 11.7. The molecule has 5 nitrogen and oxygen atoms in total.